The molecule has 24 heavy (non-hydrogen) atoms. The predicted octanol–water partition coefficient (Wildman–Crippen LogP) is 0.890. The quantitative estimate of drug-likeness (QED) is 0.668. The highest BCUT2D eigenvalue weighted by Crippen LogP contribution is 2.15. The molecule has 0 heterocycles. The molecule has 1 amide bonds. The zero-order valence-corrected chi connectivity index (χ0v) is 14.8. The molecule has 1 aromatic carbocycles. The van der Waals surface area contributed by atoms with E-state index in [9.17, 15) is 18.0 Å². The number of ether oxygens (including phenoxy) is 2. The van der Waals surface area contributed by atoms with Gasteiger partial charge in [-0.1, -0.05) is 0 Å². The second kappa shape index (κ2) is 8.76. The lowest BCUT2D eigenvalue weighted by atomic mass is 10.3. The van der Waals surface area contributed by atoms with Crippen molar-refractivity contribution in [2.75, 3.05) is 19.0 Å². The topological polar surface area (TPSA) is 111 Å². The van der Waals surface area contributed by atoms with Crippen molar-refractivity contribution in [1.82, 2.24) is 4.72 Å². The summed E-state index contributed by atoms with van der Waals surface area (Å²) in [6.45, 7) is 4.62. The van der Waals surface area contributed by atoms with E-state index >= 15 is 0 Å². The van der Waals surface area contributed by atoms with Gasteiger partial charge in [-0.15, -0.1) is 0 Å². The first kappa shape index (κ1) is 20.1. The maximum Gasteiger partial charge on any atom is 0.332 e. The Hall–Kier alpha value is -1.97. The zero-order valence-electron chi connectivity index (χ0n) is 14.0. The number of benzene rings is 1. The Morgan fingerprint density at radius 3 is 2.21 bits per heavy atom. The summed E-state index contributed by atoms with van der Waals surface area (Å²) < 4.78 is 35.9. The smallest absolute Gasteiger partial charge is 0.332 e. The number of carbonyl (C=O) groups excluding carboxylic acids is 2. The average molecular weight is 358 g/mol. The molecule has 0 aliphatic carbocycles. The van der Waals surface area contributed by atoms with E-state index in [1.165, 1.54) is 38.3 Å². The number of sulfonamides is 1. The van der Waals surface area contributed by atoms with Gasteiger partial charge >= 0.3 is 5.97 Å². The third-order valence-electron chi connectivity index (χ3n) is 2.76. The van der Waals surface area contributed by atoms with E-state index in [2.05, 4.69) is 14.8 Å². The predicted molar refractivity (Wildman–Crippen MR) is 88.0 cm³/mol. The van der Waals surface area contributed by atoms with Crippen LogP contribution in [0.5, 0.6) is 0 Å². The fourth-order valence-corrected chi connectivity index (χ4v) is 2.99. The van der Waals surface area contributed by atoms with Crippen molar-refractivity contribution in [3.63, 3.8) is 0 Å². The Morgan fingerprint density at radius 2 is 1.71 bits per heavy atom. The van der Waals surface area contributed by atoms with Gasteiger partial charge in [0.25, 0.3) is 5.91 Å². The number of hydrogen-bond donors (Lipinski definition) is 2. The number of esters is 1. The Bertz CT molecular complexity index is 670. The van der Waals surface area contributed by atoms with E-state index in [0.29, 0.717) is 5.69 Å². The Kier molecular flexibility index (Phi) is 7.33. The highest BCUT2D eigenvalue weighted by atomic mass is 32.2. The van der Waals surface area contributed by atoms with Crippen LogP contribution in [0.2, 0.25) is 0 Å². The molecule has 2 N–H and O–H groups in total. The molecule has 0 saturated carbocycles. The Labute approximate surface area is 141 Å². The molecule has 0 saturated heterocycles. The van der Waals surface area contributed by atoms with Crippen LogP contribution in [0.4, 0.5) is 5.69 Å². The van der Waals surface area contributed by atoms with Crippen LogP contribution < -0.4 is 10.0 Å². The molecule has 0 aromatic heterocycles. The van der Waals surface area contributed by atoms with Crippen molar-refractivity contribution in [3.05, 3.63) is 24.3 Å². The second-order valence-electron chi connectivity index (χ2n) is 5.35. The van der Waals surface area contributed by atoms with Gasteiger partial charge in [0, 0.05) is 18.8 Å². The summed E-state index contributed by atoms with van der Waals surface area (Å²) in [4.78, 5) is 23.3. The van der Waals surface area contributed by atoms with Gasteiger partial charge in [-0.3, -0.25) is 4.79 Å². The number of methoxy groups -OCH3 is 1. The molecule has 134 valence electrons. The van der Waals surface area contributed by atoms with Gasteiger partial charge in [0.2, 0.25) is 10.0 Å². The number of nitrogens with one attached hydrogen (secondary N) is 2. The molecule has 0 bridgehead atoms. The average Bonchev–Trinajstić information content (AvgIpc) is 2.46. The summed E-state index contributed by atoms with van der Waals surface area (Å²) in [5, 5.41) is 2.54. The summed E-state index contributed by atoms with van der Waals surface area (Å²) in [6.07, 6.45) is -1.00. The third kappa shape index (κ3) is 6.26. The minimum atomic E-state index is -3.59. The van der Waals surface area contributed by atoms with E-state index in [-0.39, 0.29) is 17.5 Å². The van der Waals surface area contributed by atoms with Crippen molar-refractivity contribution in [1.29, 1.82) is 0 Å². The minimum Gasteiger partial charge on any atom is -0.451 e. The molecule has 0 aliphatic heterocycles. The summed E-state index contributed by atoms with van der Waals surface area (Å²) >= 11 is 0. The Balaban J connectivity index is 2.70. The molecule has 1 atom stereocenters. The van der Waals surface area contributed by atoms with E-state index in [0.717, 1.165) is 0 Å². The van der Waals surface area contributed by atoms with E-state index in [4.69, 9.17) is 4.74 Å². The molecule has 0 aliphatic rings. The molecular formula is C15H22N2O6S. The SMILES string of the molecule is COCC(=O)O[C@@H](C)C(=O)Nc1ccc(S(=O)(=O)NC(C)C)cc1. The summed E-state index contributed by atoms with van der Waals surface area (Å²) in [6, 6.07) is 5.44. The number of rotatable bonds is 8. The van der Waals surface area contributed by atoms with E-state index < -0.39 is 28.0 Å². The lowest BCUT2D eigenvalue weighted by molar-refractivity contribution is -0.156. The second-order valence-corrected chi connectivity index (χ2v) is 7.07. The summed E-state index contributed by atoms with van der Waals surface area (Å²) in [5.41, 5.74) is 0.387. The first-order valence-corrected chi connectivity index (χ1v) is 8.75. The largest absolute Gasteiger partial charge is 0.451 e. The van der Waals surface area contributed by atoms with Crippen LogP contribution in [-0.2, 0) is 29.1 Å². The Morgan fingerprint density at radius 1 is 1.12 bits per heavy atom. The molecule has 9 heteroatoms. The molecule has 0 spiro atoms. The highest BCUT2D eigenvalue weighted by Gasteiger charge is 2.19. The van der Waals surface area contributed by atoms with E-state index in [1.54, 1.807) is 13.8 Å². The van der Waals surface area contributed by atoms with Crippen molar-refractivity contribution in [3.8, 4) is 0 Å². The highest BCUT2D eigenvalue weighted by molar-refractivity contribution is 7.89. The molecule has 1 rings (SSSR count). The van der Waals surface area contributed by atoms with E-state index in [1.807, 2.05) is 0 Å². The van der Waals surface area contributed by atoms with Crippen molar-refractivity contribution in [2.24, 2.45) is 0 Å². The zero-order chi connectivity index (χ0) is 18.3. The molecule has 1 aromatic rings. The van der Waals surface area contributed by atoms with Crippen LogP contribution in [0.1, 0.15) is 20.8 Å². The van der Waals surface area contributed by atoms with Crippen molar-refractivity contribution >= 4 is 27.6 Å². The van der Waals surface area contributed by atoms with Crippen LogP contribution in [0.3, 0.4) is 0 Å². The third-order valence-corrected chi connectivity index (χ3v) is 4.44. The molecule has 0 unspecified atom stereocenters. The van der Waals surface area contributed by atoms with Gasteiger partial charge in [0.15, 0.2) is 6.10 Å². The van der Waals surface area contributed by atoms with Gasteiger partial charge in [-0.2, -0.15) is 0 Å². The number of hydrogen-bond acceptors (Lipinski definition) is 6. The maximum atomic E-state index is 12.0. The number of amides is 1. The first-order valence-electron chi connectivity index (χ1n) is 7.27. The molecule has 0 radical (unpaired) electrons. The number of anilines is 1. The number of carbonyl (C=O) groups is 2. The molecule has 0 fully saturated rings. The summed E-state index contributed by atoms with van der Waals surface area (Å²) in [7, 11) is -2.25. The van der Waals surface area contributed by atoms with Crippen LogP contribution in [0.25, 0.3) is 0 Å². The van der Waals surface area contributed by atoms with Crippen LogP contribution in [0.15, 0.2) is 29.2 Å². The van der Waals surface area contributed by atoms with Crippen LogP contribution in [0, 0.1) is 0 Å². The lowest BCUT2D eigenvalue weighted by Crippen LogP contribution is -2.31. The van der Waals surface area contributed by atoms with Gasteiger partial charge in [0.05, 0.1) is 4.90 Å². The fourth-order valence-electron chi connectivity index (χ4n) is 1.74. The monoisotopic (exact) mass is 358 g/mol. The minimum absolute atomic E-state index is 0.0915. The lowest BCUT2D eigenvalue weighted by Gasteiger charge is -2.14. The summed E-state index contributed by atoms with van der Waals surface area (Å²) in [5.74, 6) is -1.18. The van der Waals surface area contributed by atoms with Crippen LogP contribution >= 0.6 is 0 Å². The fraction of sp³-hybridized carbons (Fsp3) is 0.467. The maximum absolute atomic E-state index is 12.0. The van der Waals surface area contributed by atoms with Crippen LogP contribution in [-0.4, -0.2) is 46.2 Å². The molecule has 8 nitrogen and oxygen atoms in total. The van der Waals surface area contributed by atoms with Gasteiger partial charge < -0.3 is 14.8 Å². The standard InChI is InChI=1S/C15H22N2O6S/c1-10(2)17-24(20,21)13-7-5-12(6-8-13)16-15(19)11(3)23-14(18)9-22-4/h5-8,10-11,17H,9H2,1-4H3,(H,16,19)/t11-/m0/s1. The van der Waals surface area contributed by atoms with Crippen molar-refractivity contribution < 1.29 is 27.5 Å². The first-order chi connectivity index (χ1) is 11.2. The van der Waals surface area contributed by atoms with Crippen molar-refractivity contribution in [2.45, 2.75) is 37.8 Å². The van der Waals surface area contributed by atoms with Gasteiger partial charge in [0.1, 0.15) is 6.61 Å². The normalized spacial score (nSPS) is 12.7. The van der Waals surface area contributed by atoms with Gasteiger partial charge in [-0.05, 0) is 45.0 Å². The van der Waals surface area contributed by atoms with Gasteiger partial charge in [-0.25, -0.2) is 17.9 Å². The molecular weight excluding hydrogens is 336 g/mol.